The minimum absolute atomic E-state index is 0.0612. The van der Waals surface area contributed by atoms with Gasteiger partial charge < -0.3 is 15.7 Å². The van der Waals surface area contributed by atoms with Crippen LogP contribution < -0.4 is 10.6 Å². The zero-order valence-corrected chi connectivity index (χ0v) is 15.6. The molecular weight excluding hydrogens is 316 g/mol. The van der Waals surface area contributed by atoms with E-state index < -0.39 is 5.97 Å². The van der Waals surface area contributed by atoms with Gasteiger partial charge in [0.25, 0.3) is 0 Å². The Hall–Kier alpha value is -2.04. The van der Waals surface area contributed by atoms with Gasteiger partial charge in [-0.05, 0) is 49.1 Å². The average molecular weight is 346 g/mol. The Morgan fingerprint density at radius 2 is 1.64 bits per heavy atom. The molecule has 0 bridgehead atoms. The number of hydrogen-bond donors (Lipinski definition) is 3. The van der Waals surface area contributed by atoms with Crippen molar-refractivity contribution >= 4 is 12.0 Å². The molecule has 3 N–H and O–H groups in total. The topological polar surface area (TPSA) is 78.4 Å². The molecule has 138 valence electrons. The van der Waals surface area contributed by atoms with Crippen molar-refractivity contribution in [2.24, 2.45) is 5.92 Å². The summed E-state index contributed by atoms with van der Waals surface area (Å²) >= 11 is 0. The highest BCUT2D eigenvalue weighted by molar-refractivity contribution is 5.75. The van der Waals surface area contributed by atoms with Gasteiger partial charge in [-0.1, -0.05) is 45.0 Å². The van der Waals surface area contributed by atoms with Crippen LogP contribution in [0.3, 0.4) is 0 Å². The fraction of sp³-hybridized carbons (Fsp3) is 0.600. The lowest BCUT2D eigenvalue weighted by atomic mass is 9.86. The summed E-state index contributed by atoms with van der Waals surface area (Å²) in [7, 11) is 0. The second kappa shape index (κ2) is 7.89. The standard InChI is InChI=1S/C20H30N2O3/c1-13(14-5-9-16(10-6-14)20(2,3)4)21-19(25)22-17-11-7-15(8-12-17)18(23)24/h5-6,9-10,13,15,17H,7-8,11-12H2,1-4H3,(H,23,24)(H2,21,22,25). The molecule has 0 heterocycles. The molecule has 0 spiro atoms. The Kier molecular flexibility index (Phi) is 6.09. The van der Waals surface area contributed by atoms with Crippen molar-refractivity contribution in [1.82, 2.24) is 10.6 Å². The fourth-order valence-electron chi connectivity index (χ4n) is 3.26. The van der Waals surface area contributed by atoms with Crippen LogP contribution in [0.2, 0.25) is 0 Å². The number of amides is 2. The molecule has 5 heteroatoms. The monoisotopic (exact) mass is 346 g/mol. The molecule has 1 aliphatic rings. The van der Waals surface area contributed by atoms with E-state index in [-0.39, 0.29) is 29.4 Å². The number of hydrogen-bond acceptors (Lipinski definition) is 2. The normalized spacial score (nSPS) is 22.1. The van der Waals surface area contributed by atoms with E-state index in [2.05, 4.69) is 55.7 Å². The molecule has 0 saturated heterocycles. The van der Waals surface area contributed by atoms with Gasteiger partial charge in [-0.2, -0.15) is 0 Å². The molecule has 1 aromatic carbocycles. The number of nitrogens with one attached hydrogen (secondary N) is 2. The number of rotatable bonds is 4. The van der Waals surface area contributed by atoms with Gasteiger partial charge in [0.2, 0.25) is 0 Å². The van der Waals surface area contributed by atoms with Crippen LogP contribution in [0, 0.1) is 5.92 Å². The molecule has 1 fully saturated rings. The van der Waals surface area contributed by atoms with Crippen LogP contribution in [0.4, 0.5) is 4.79 Å². The third kappa shape index (κ3) is 5.48. The van der Waals surface area contributed by atoms with Gasteiger partial charge in [0, 0.05) is 6.04 Å². The van der Waals surface area contributed by atoms with Crippen molar-refractivity contribution in [3.63, 3.8) is 0 Å². The highest BCUT2D eigenvalue weighted by Crippen LogP contribution is 2.25. The lowest BCUT2D eigenvalue weighted by Crippen LogP contribution is -2.44. The summed E-state index contributed by atoms with van der Waals surface area (Å²) in [5, 5.41) is 15.0. The summed E-state index contributed by atoms with van der Waals surface area (Å²) in [6.07, 6.45) is 2.70. The predicted octanol–water partition coefficient (Wildman–Crippen LogP) is 3.99. The summed E-state index contributed by atoms with van der Waals surface area (Å²) in [4.78, 5) is 23.2. The van der Waals surface area contributed by atoms with Gasteiger partial charge in [0.15, 0.2) is 0 Å². The maximum atomic E-state index is 12.2. The van der Waals surface area contributed by atoms with Gasteiger partial charge in [-0.15, -0.1) is 0 Å². The first kappa shape index (κ1) is 19.3. The SMILES string of the molecule is CC(NC(=O)NC1CCC(C(=O)O)CC1)c1ccc(C(C)(C)C)cc1. The van der Waals surface area contributed by atoms with Crippen LogP contribution in [-0.4, -0.2) is 23.1 Å². The molecule has 1 atom stereocenters. The third-order valence-electron chi connectivity index (χ3n) is 5.04. The number of carbonyl (C=O) groups is 2. The number of carboxylic acids is 1. The number of urea groups is 1. The van der Waals surface area contributed by atoms with E-state index in [9.17, 15) is 9.59 Å². The Bertz CT molecular complexity index is 596. The second-order valence-corrected chi connectivity index (χ2v) is 8.10. The number of aliphatic carboxylic acids is 1. The first-order valence-electron chi connectivity index (χ1n) is 9.07. The molecule has 0 aromatic heterocycles. The van der Waals surface area contributed by atoms with Gasteiger partial charge in [0.1, 0.15) is 0 Å². The van der Waals surface area contributed by atoms with Gasteiger partial charge in [-0.3, -0.25) is 4.79 Å². The van der Waals surface area contributed by atoms with Gasteiger partial charge >= 0.3 is 12.0 Å². The number of carbonyl (C=O) groups excluding carboxylic acids is 1. The summed E-state index contributed by atoms with van der Waals surface area (Å²) in [5.74, 6) is -0.989. The first-order chi connectivity index (χ1) is 11.7. The number of carboxylic acid groups (broad SMARTS) is 1. The molecular formula is C20H30N2O3. The maximum Gasteiger partial charge on any atom is 0.315 e. The van der Waals surface area contributed by atoms with Crippen LogP contribution in [0.15, 0.2) is 24.3 Å². The van der Waals surface area contributed by atoms with Crippen LogP contribution in [-0.2, 0) is 10.2 Å². The lowest BCUT2D eigenvalue weighted by molar-refractivity contribution is -0.142. The maximum absolute atomic E-state index is 12.2. The summed E-state index contributed by atoms with van der Waals surface area (Å²) < 4.78 is 0. The van der Waals surface area contributed by atoms with E-state index in [0.29, 0.717) is 12.8 Å². The summed E-state index contributed by atoms with van der Waals surface area (Å²) in [6, 6.07) is 8.13. The van der Waals surface area contributed by atoms with Crippen LogP contribution in [0.5, 0.6) is 0 Å². The van der Waals surface area contributed by atoms with Crippen molar-refractivity contribution in [1.29, 1.82) is 0 Å². The largest absolute Gasteiger partial charge is 0.481 e. The zero-order valence-electron chi connectivity index (χ0n) is 15.6. The third-order valence-corrected chi connectivity index (χ3v) is 5.04. The molecule has 0 radical (unpaired) electrons. The lowest BCUT2D eigenvalue weighted by Gasteiger charge is -2.27. The van der Waals surface area contributed by atoms with Crippen LogP contribution in [0.1, 0.15) is 70.5 Å². The summed E-state index contributed by atoms with van der Waals surface area (Å²) in [6.45, 7) is 8.50. The van der Waals surface area contributed by atoms with Crippen molar-refractivity contribution in [2.45, 2.75) is 70.9 Å². The molecule has 1 aromatic rings. The van der Waals surface area contributed by atoms with Gasteiger partial charge in [0.05, 0.1) is 12.0 Å². The fourth-order valence-corrected chi connectivity index (χ4v) is 3.26. The van der Waals surface area contributed by atoms with Crippen molar-refractivity contribution in [3.8, 4) is 0 Å². The Labute approximate surface area is 150 Å². The Morgan fingerprint density at radius 3 is 2.12 bits per heavy atom. The van der Waals surface area contributed by atoms with Gasteiger partial charge in [-0.25, -0.2) is 4.79 Å². The van der Waals surface area contributed by atoms with Crippen molar-refractivity contribution in [3.05, 3.63) is 35.4 Å². The van der Waals surface area contributed by atoms with Crippen molar-refractivity contribution in [2.75, 3.05) is 0 Å². The van der Waals surface area contributed by atoms with Crippen LogP contribution >= 0.6 is 0 Å². The molecule has 25 heavy (non-hydrogen) atoms. The zero-order chi connectivity index (χ0) is 18.6. The van der Waals surface area contributed by atoms with Crippen molar-refractivity contribution < 1.29 is 14.7 Å². The number of benzene rings is 1. The van der Waals surface area contributed by atoms with E-state index in [0.717, 1.165) is 18.4 Å². The predicted molar refractivity (Wildman–Crippen MR) is 98.6 cm³/mol. The molecule has 5 nitrogen and oxygen atoms in total. The minimum atomic E-state index is -0.727. The minimum Gasteiger partial charge on any atom is -0.481 e. The summed E-state index contributed by atoms with van der Waals surface area (Å²) in [5.41, 5.74) is 2.45. The smallest absolute Gasteiger partial charge is 0.315 e. The molecule has 2 amide bonds. The quantitative estimate of drug-likeness (QED) is 0.771. The molecule has 1 aliphatic carbocycles. The average Bonchev–Trinajstić information content (AvgIpc) is 2.54. The Morgan fingerprint density at radius 1 is 1.08 bits per heavy atom. The highest BCUT2D eigenvalue weighted by Gasteiger charge is 2.27. The van der Waals surface area contributed by atoms with E-state index in [1.54, 1.807) is 0 Å². The Balaban J connectivity index is 1.83. The van der Waals surface area contributed by atoms with E-state index in [4.69, 9.17) is 5.11 Å². The van der Waals surface area contributed by atoms with E-state index in [1.807, 2.05) is 6.92 Å². The first-order valence-corrected chi connectivity index (χ1v) is 9.07. The molecule has 0 aliphatic heterocycles. The highest BCUT2D eigenvalue weighted by atomic mass is 16.4. The molecule has 1 unspecified atom stereocenters. The second-order valence-electron chi connectivity index (χ2n) is 8.10. The van der Waals surface area contributed by atoms with E-state index >= 15 is 0 Å². The van der Waals surface area contributed by atoms with E-state index in [1.165, 1.54) is 5.56 Å². The molecule has 1 saturated carbocycles. The van der Waals surface area contributed by atoms with Crippen LogP contribution in [0.25, 0.3) is 0 Å². The molecule has 2 rings (SSSR count).